The first kappa shape index (κ1) is 18.9. The van der Waals surface area contributed by atoms with Gasteiger partial charge >= 0.3 is 0 Å². The van der Waals surface area contributed by atoms with E-state index in [0.717, 1.165) is 16.5 Å². The van der Waals surface area contributed by atoms with Crippen molar-refractivity contribution in [1.29, 1.82) is 0 Å². The van der Waals surface area contributed by atoms with Gasteiger partial charge in [-0.2, -0.15) is 8.42 Å². The minimum Gasteiger partial charge on any atom is -0.339 e. The molecular formula is C24H20N2O2S. The van der Waals surface area contributed by atoms with Gasteiger partial charge in [0.15, 0.2) is 5.84 Å². The zero-order valence-corrected chi connectivity index (χ0v) is 16.7. The number of benzene rings is 4. The molecule has 0 spiro atoms. The molecule has 0 heterocycles. The molecule has 0 aliphatic heterocycles. The van der Waals surface area contributed by atoms with Crippen LogP contribution in [0.5, 0.6) is 0 Å². The SMILES string of the molecule is Cc1ccccc1S(=O)(=O)/N=C(\Nc1cccc2ccccc12)c1ccccc1. The topological polar surface area (TPSA) is 58.5 Å². The van der Waals surface area contributed by atoms with Crippen molar-refractivity contribution in [3.05, 3.63) is 108 Å². The van der Waals surface area contributed by atoms with Crippen LogP contribution >= 0.6 is 0 Å². The van der Waals surface area contributed by atoms with E-state index in [2.05, 4.69) is 9.71 Å². The molecule has 0 fully saturated rings. The quantitative estimate of drug-likeness (QED) is 0.369. The summed E-state index contributed by atoms with van der Waals surface area (Å²) in [6.07, 6.45) is 0. The summed E-state index contributed by atoms with van der Waals surface area (Å²) in [6, 6.07) is 29.9. The standard InChI is InChI=1S/C24H20N2O2S/c1-18-10-5-8-17-23(18)29(27,28)26-24(20-12-3-2-4-13-20)25-22-16-9-14-19-11-6-7-15-21(19)22/h2-17H,1H3,(H,25,26). The van der Waals surface area contributed by atoms with Crippen LogP contribution in [0.4, 0.5) is 5.69 Å². The highest BCUT2D eigenvalue weighted by molar-refractivity contribution is 7.90. The van der Waals surface area contributed by atoms with E-state index < -0.39 is 10.0 Å². The lowest BCUT2D eigenvalue weighted by molar-refractivity contribution is 0.597. The maximum atomic E-state index is 13.1. The molecule has 144 valence electrons. The number of hydrogen-bond donors (Lipinski definition) is 1. The van der Waals surface area contributed by atoms with Gasteiger partial charge in [-0.1, -0.05) is 84.9 Å². The molecule has 0 aromatic heterocycles. The molecule has 0 radical (unpaired) electrons. The molecule has 4 aromatic rings. The first-order chi connectivity index (χ1) is 14.0. The molecule has 4 aromatic carbocycles. The normalized spacial score (nSPS) is 12.1. The van der Waals surface area contributed by atoms with E-state index in [9.17, 15) is 8.42 Å². The molecule has 0 saturated heterocycles. The first-order valence-corrected chi connectivity index (χ1v) is 10.7. The van der Waals surface area contributed by atoms with Crippen molar-refractivity contribution in [3.8, 4) is 0 Å². The van der Waals surface area contributed by atoms with Crippen LogP contribution < -0.4 is 5.32 Å². The van der Waals surface area contributed by atoms with Gasteiger partial charge in [-0.25, -0.2) is 0 Å². The molecule has 0 amide bonds. The Balaban J connectivity index is 1.85. The van der Waals surface area contributed by atoms with E-state index >= 15 is 0 Å². The van der Waals surface area contributed by atoms with Crippen molar-refractivity contribution in [1.82, 2.24) is 0 Å². The number of nitrogens with one attached hydrogen (secondary N) is 1. The Kier molecular flexibility index (Phi) is 5.14. The van der Waals surface area contributed by atoms with Crippen LogP contribution in [0.15, 0.2) is 106 Å². The lowest BCUT2D eigenvalue weighted by atomic mass is 10.1. The number of sulfonamides is 1. The van der Waals surface area contributed by atoms with Gasteiger partial charge in [-0.05, 0) is 30.0 Å². The van der Waals surface area contributed by atoms with Crippen LogP contribution in [-0.4, -0.2) is 14.3 Å². The molecule has 4 nitrogen and oxygen atoms in total. The number of rotatable bonds is 4. The summed E-state index contributed by atoms with van der Waals surface area (Å²) < 4.78 is 30.3. The third-order valence-corrected chi connectivity index (χ3v) is 6.11. The third kappa shape index (κ3) is 4.05. The average molecular weight is 401 g/mol. The fourth-order valence-electron chi connectivity index (χ4n) is 3.22. The Morgan fingerprint density at radius 3 is 2.21 bits per heavy atom. The van der Waals surface area contributed by atoms with E-state index in [0.29, 0.717) is 11.1 Å². The van der Waals surface area contributed by atoms with Crippen molar-refractivity contribution < 1.29 is 8.42 Å². The predicted molar refractivity (Wildman–Crippen MR) is 119 cm³/mol. The Bertz CT molecular complexity index is 1290. The number of fused-ring (bicyclic) bond motifs is 1. The highest BCUT2D eigenvalue weighted by Crippen LogP contribution is 2.25. The molecule has 0 aliphatic rings. The first-order valence-electron chi connectivity index (χ1n) is 9.25. The molecule has 4 rings (SSSR count). The smallest absolute Gasteiger partial charge is 0.284 e. The largest absolute Gasteiger partial charge is 0.339 e. The zero-order valence-electron chi connectivity index (χ0n) is 15.9. The van der Waals surface area contributed by atoms with Crippen LogP contribution in [-0.2, 0) is 10.0 Å². The van der Waals surface area contributed by atoms with Crippen LogP contribution in [0.3, 0.4) is 0 Å². The lowest BCUT2D eigenvalue weighted by Crippen LogP contribution is -2.17. The van der Waals surface area contributed by atoms with E-state index in [-0.39, 0.29) is 10.7 Å². The number of anilines is 1. The van der Waals surface area contributed by atoms with Gasteiger partial charge in [0, 0.05) is 16.6 Å². The van der Waals surface area contributed by atoms with Gasteiger partial charge in [0.05, 0.1) is 4.90 Å². The third-order valence-electron chi connectivity index (χ3n) is 4.67. The van der Waals surface area contributed by atoms with Crippen molar-refractivity contribution >= 4 is 32.3 Å². The fraction of sp³-hybridized carbons (Fsp3) is 0.0417. The molecule has 29 heavy (non-hydrogen) atoms. The van der Waals surface area contributed by atoms with Crippen molar-refractivity contribution in [2.45, 2.75) is 11.8 Å². The van der Waals surface area contributed by atoms with Gasteiger partial charge in [0.2, 0.25) is 0 Å². The van der Waals surface area contributed by atoms with Crippen molar-refractivity contribution in [2.75, 3.05) is 5.32 Å². The molecule has 5 heteroatoms. The summed E-state index contributed by atoms with van der Waals surface area (Å²) in [7, 11) is -3.89. The highest BCUT2D eigenvalue weighted by atomic mass is 32.2. The van der Waals surface area contributed by atoms with E-state index in [1.807, 2.05) is 78.9 Å². The van der Waals surface area contributed by atoms with Crippen LogP contribution in [0.2, 0.25) is 0 Å². The monoisotopic (exact) mass is 400 g/mol. The van der Waals surface area contributed by atoms with Gasteiger partial charge in [-0.3, -0.25) is 0 Å². The lowest BCUT2D eigenvalue weighted by Gasteiger charge is -2.13. The zero-order chi connectivity index (χ0) is 20.3. The highest BCUT2D eigenvalue weighted by Gasteiger charge is 2.18. The summed E-state index contributed by atoms with van der Waals surface area (Å²) >= 11 is 0. The maximum absolute atomic E-state index is 13.1. The summed E-state index contributed by atoms with van der Waals surface area (Å²) in [4.78, 5) is 0.202. The Labute approximate surface area is 170 Å². The minimum absolute atomic E-state index is 0.202. The molecule has 1 N–H and O–H groups in total. The average Bonchev–Trinajstić information content (AvgIpc) is 2.74. The molecule has 0 bridgehead atoms. The number of hydrogen-bond acceptors (Lipinski definition) is 2. The van der Waals surface area contributed by atoms with E-state index in [1.165, 1.54) is 0 Å². The Hall–Kier alpha value is -3.44. The molecule has 0 unspecified atom stereocenters. The Morgan fingerprint density at radius 2 is 1.41 bits per heavy atom. The Morgan fingerprint density at radius 1 is 0.759 bits per heavy atom. The molecule has 0 atom stereocenters. The van der Waals surface area contributed by atoms with E-state index in [4.69, 9.17) is 0 Å². The fourth-order valence-corrected chi connectivity index (χ4v) is 4.44. The van der Waals surface area contributed by atoms with Crippen LogP contribution in [0, 0.1) is 6.92 Å². The predicted octanol–water partition coefficient (Wildman–Crippen LogP) is 5.40. The summed E-state index contributed by atoms with van der Waals surface area (Å²) in [5.74, 6) is 0.283. The van der Waals surface area contributed by atoms with Crippen molar-refractivity contribution in [2.24, 2.45) is 4.40 Å². The number of nitrogens with zero attached hydrogens (tertiary/aromatic N) is 1. The van der Waals surface area contributed by atoms with Crippen molar-refractivity contribution in [3.63, 3.8) is 0 Å². The minimum atomic E-state index is -3.89. The summed E-state index contributed by atoms with van der Waals surface area (Å²) in [6.45, 7) is 1.77. The molecular weight excluding hydrogens is 380 g/mol. The second-order valence-corrected chi connectivity index (χ2v) is 8.27. The summed E-state index contributed by atoms with van der Waals surface area (Å²) in [5, 5.41) is 5.31. The number of amidine groups is 1. The van der Waals surface area contributed by atoms with Crippen LogP contribution in [0.25, 0.3) is 10.8 Å². The van der Waals surface area contributed by atoms with Gasteiger partial charge < -0.3 is 5.32 Å². The van der Waals surface area contributed by atoms with Gasteiger partial charge in [0.25, 0.3) is 10.0 Å². The van der Waals surface area contributed by atoms with E-state index in [1.54, 1.807) is 25.1 Å². The maximum Gasteiger partial charge on any atom is 0.284 e. The molecule has 0 saturated carbocycles. The number of aryl methyl sites for hydroxylation is 1. The summed E-state index contributed by atoms with van der Waals surface area (Å²) in [5.41, 5.74) is 2.15. The second-order valence-electron chi connectivity index (χ2n) is 6.70. The molecule has 0 aliphatic carbocycles. The van der Waals surface area contributed by atoms with Crippen LogP contribution in [0.1, 0.15) is 11.1 Å². The van der Waals surface area contributed by atoms with Gasteiger partial charge in [0.1, 0.15) is 0 Å². The van der Waals surface area contributed by atoms with Gasteiger partial charge in [-0.15, -0.1) is 4.40 Å². The second kappa shape index (κ2) is 7.89.